The molecule has 0 saturated carbocycles. The predicted molar refractivity (Wildman–Crippen MR) is 77.2 cm³/mol. The fourth-order valence-corrected chi connectivity index (χ4v) is 3.02. The number of aromatic amines is 1. The molecule has 0 aliphatic heterocycles. The van der Waals surface area contributed by atoms with Gasteiger partial charge in [0.15, 0.2) is 5.82 Å². The molecule has 3 aromatic heterocycles. The van der Waals surface area contributed by atoms with Crippen molar-refractivity contribution in [1.29, 1.82) is 0 Å². The first-order chi connectivity index (χ1) is 9.76. The van der Waals surface area contributed by atoms with Crippen molar-refractivity contribution in [2.24, 2.45) is 0 Å². The Morgan fingerprint density at radius 1 is 1.35 bits per heavy atom. The second-order valence-corrected chi connectivity index (χ2v) is 5.14. The zero-order valence-electron chi connectivity index (χ0n) is 11.3. The molecule has 3 heterocycles. The van der Waals surface area contributed by atoms with Gasteiger partial charge in [0.05, 0.1) is 10.2 Å². The van der Waals surface area contributed by atoms with Crippen LogP contribution >= 0.6 is 11.3 Å². The molecule has 7 heteroatoms. The van der Waals surface area contributed by atoms with Crippen LogP contribution in [0.15, 0.2) is 22.3 Å². The van der Waals surface area contributed by atoms with E-state index in [1.54, 1.807) is 15.7 Å². The molecule has 0 amide bonds. The highest BCUT2D eigenvalue weighted by molar-refractivity contribution is 7.17. The molecule has 0 unspecified atom stereocenters. The Balaban J connectivity index is 2.28. The summed E-state index contributed by atoms with van der Waals surface area (Å²) in [5, 5.41) is 8.62. The Bertz CT molecular complexity index is 783. The van der Waals surface area contributed by atoms with Crippen LogP contribution in [0.2, 0.25) is 0 Å². The van der Waals surface area contributed by atoms with Crippen molar-refractivity contribution in [1.82, 2.24) is 14.6 Å². The molecule has 3 rings (SSSR count). The zero-order valence-corrected chi connectivity index (χ0v) is 12.1. The summed E-state index contributed by atoms with van der Waals surface area (Å²) in [6.07, 6.45) is -0.597. The SMILES string of the molecule is CCOC(OCC)c1n[nH]c(=O)c2cc3sccc3n12. The van der Waals surface area contributed by atoms with Crippen LogP contribution in [0.4, 0.5) is 0 Å². The molecule has 0 aromatic carbocycles. The smallest absolute Gasteiger partial charge is 0.288 e. The van der Waals surface area contributed by atoms with Crippen LogP contribution in [0, 0.1) is 0 Å². The summed E-state index contributed by atoms with van der Waals surface area (Å²) in [4.78, 5) is 11.9. The van der Waals surface area contributed by atoms with Crippen molar-refractivity contribution in [3.05, 3.63) is 33.7 Å². The van der Waals surface area contributed by atoms with Crippen LogP contribution in [0.1, 0.15) is 26.0 Å². The second-order valence-electron chi connectivity index (χ2n) is 4.19. The first-order valence-electron chi connectivity index (χ1n) is 6.46. The second kappa shape index (κ2) is 5.35. The molecule has 0 aliphatic carbocycles. The molecule has 0 spiro atoms. The Morgan fingerprint density at radius 2 is 2.10 bits per heavy atom. The first-order valence-corrected chi connectivity index (χ1v) is 7.34. The maximum Gasteiger partial charge on any atom is 0.288 e. The molecule has 20 heavy (non-hydrogen) atoms. The van der Waals surface area contributed by atoms with E-state index in [4.69, 9.17) is 9.47 Å². The van der Waals surface area contributed by atoms with E-state index >= 15 is 0 Å². The van der Waals surface area contributed by atoms with Crippen LogP contribution in [-0.4, -0.2) is 27.8 Å². The quantitative estimate of drug-likeness (QED) is 0.733. The van der Waals surface area contributed by atoms with Crippen LogP contribution in [-0.2, 0) is 9.47 Å². The van der Waals surface area contributed by atoms with Crippen molar-refractivity contribution < 1.29 is 9.47 Å². The molecule has 0 aliphatic rings. The normalized spacial score (nSPS) is 11.9. The standard InChI is InChI=1S/C13H15N3O3S/c1-3-18-13(19-4-2)11-14-15-12(17)9-7-10-8(16(9)11)5-6-20-10/h5-7,13H,3-4H2,1-2H3,(H,15,17). The fourth-order valence-electron chi connectivity index (χ4n) is 2.21. The highest BCUT2D eigenvalue weighted by Crippen LogP contribution is 2.27. The van der Waals surface area contributed by atoms with Gasteiger partial charge in [-0.2, -0.15) is 5.10 Å². The maximum absolute atomic E-state index is 11.9. The Morgan fingerprint density at radius 3 is 2.80 bits per heavy atom. The number of nitrogens with zero attached hydrogens (tertiary/aromatic N) is 2. The van der Waals surface area contributed by atoms with Crippen molar-refractivity contribution in [3.8, 4) is 0 Å². The lowest BCUT2D eigenvalue weighted by Crippen LogP contribution is -2.21. The van der Waals surface area contributed by atoms with E-state index in [0.29, 0.717) is 24.6 Å². The molecule has 106 valence electrons. The third kappa shape index (κ3) is 2.04. The van der Waals surface area contributed by atoms with Crippen LogP contribution in [0.5, 0.6) is 0 Å². The summed E-state index contributed by atoms with van der Waals surface area (Å²) in [5.41, 5.74) is 1.29. The van der Waals surface area contributed by atoms with Gasteiger partial charge in [-0.1, -0.05) is 0 Å². The fraction of sp³-hybridized carbons (Fsp3) is 0.385. The number of aromatic nitrogens is 3. The van der Waals surface area contributed by atoms with Gasteiger partial charge in [0.2, 0.25) is 6.29 Å². The summed E-state index contributed by atoms with van der Waals surface area (Å²) < 4.78 is 14.0. The zero-order chi connectivity index (χ0) is 14.1. The number of rotatable bonds is 5. The van der Waals surface area contributed by atoms with E-state index in [2.05, 4.69) is 10.2 Å². The lowest BCUT2D eigenvalue weighted by atomic mass is 10.5. The van der Waals surface area contributed by atoms with Gasteiger partial charge < -0.3 is 9.47 Å². The number of ether oxygens (including phenoxy) is 2. The van der Waals surface area contributed by atoms with Crippen molar-refractivity contribution in [2.45, 2.75) is 20.1 Å². The maximum atomic E-state index is 11.9. The minimum atomic E-state index is -0.597. The van der Waals surface area contributed by atoms with E-state index in [-0.39, 0.29) is 5.56 Å². The molecule has 0 bridgehead atoms. The summed E-state index contributed by atoms with van der Waals surface area (Å²) >= 11 is 1.59. The van der Waals surface area contributed by atoms with Gasteiger partial charge in [-0.25, -0.2) is 5.10 Å². The van der Waals surface area contributed by atoms with Gasteiger partial charge in [0.1, 0.15) is 5.52 Å². The lowest BCUT2D eigenvalue weighted by molar-refractivity contribution is -0.146. The van der Waals surface area contributed by atoms with Gasteiger partial charge in [0.25, 0.3) is 5.56 Å². The topological polar surface area (TPSA) is 68.6 Å². The van der Waals surface area contributed by atoms with Crippen LogP contribution in [0.25, 0.3) is 15.7 Å². The number of hydrogen-bond donors (Lipinski definition) is 1. The minimum absolute atomic E-state index is 0.219. The molecule has 0 atom stereocenters. The number of fused-ring (bicyclic) bond motifs is 3. The lowest BCUT2D eigenvalue weighted by Gasteiger charge is -2.17. The van der Waals surface area contributed by atoms with Gasteiger partial charge in [0, 0.05) is 13.2 Å². The largest absolute Gasteiger partial charge is 0.346 e. The predicted octanol–water partition coefficient (Wildman–Crippen LogP) is 2.31. The molecule has 0 radical (unpaired) electrons. The monoisotopic (exact) mass is 293 g/mol. The van der Waals surface area contributed by atoms with Crippen LogP contribution < -0.4 is 5.56 Å². The third-order valence-electron chi connectivity index (χ3n) is 3.00. The Kier molecular flexibility index (Phi) is 3.56. The number of nitrogens with one attached hydrogen (secondary N) is 1. The molecular formula is C13H15N3O3S. The molecule has 6 nitrogen and oxygen atoms in total. The van der Waals surface area contributed by atoms with Crippen molar-refractivity contribution in [2.75, 3.05) is 13.2 Å². The summed E-state index contributed by atoms with van der Waals surface area (Å²) in [7, 11) is 0. The number of hydrogen-bond acceptors (Lipinski definition) is 5. The molecule has 0 fully saturated rings. The highest BCUT2D eigenvalue weighted by atomic mass is 32.1. The minimum Gasteiger partial charge on any atom is -0.346 e. The van der Waals surface area contributed by atoms with Gasteiger partial charge in [-0.05, 0) is 31.4 Å². The van der Waals surface area contributed by atoms with E-state index in [1.807, 2.05) is 31.4 Å². The summed E-state index contributed by atoms with van der Waals surface area (Å²) in [6.45, 7) is 4.79. The molecule has 0 saturated heterocycles. The molecule has 1 N–H and O–H groups in total. The van der Waals surface area contributed by atoms with Gasteiger partial charge >= 0.3 is 0 Å². The van der Waals surface area contributed by atoms with E-state index in [1.165, 1.54) is 0 Å². The van der Waals surface area contributed by atoms with E-state index < -0.39 is 6.29 Å². The van der Waals surface area contributed by atoms with Crippen molar-refractivity contribution >= 4 is 27.1 Å². The summed E-state index contributed by atoms with van der Waals surface area (Å²) in [6, 6.07) is 3.82. The van der Waals surface area contributed by atoms with Gasteiger partial charge in [-0.15, -0.1) is 11.3 Å². The Hall–Kier alpha value is -1.70. The average Bonchev–Trinajstić information content (AvgIpc) is 3.00. The van der Waals surface area contributed by atoms with Gasteiger partial charge in [-0.3, -0.25) is 9.20 Å². The van der Waals surface area contributed by atoms with Crippen molar-refractivity contribution in [3.63, 3.8) is 0 Å². The van der Waals surface area contributed by atoms with Crippen LogP contribution in [0.3, 0.4) is 0 Å². The number of thiophene rings is 1. The number of H-pyrrole nitrogens is 1. The summed E-state index contributed by atoms with van der Waals surface area (Å²) in [5.74, 6) is 0.553. The van der Waals surface area contributed by atoms with E-state index in [0.717, 1.165) is 10.2 Å². The third-order valence-corrected chi connectivity index (χ3v) is 3.86. The molecule has 3 aromatic rings. The first kappa shape index (κ1) is 13.3. The highest BCUT2D eigenvalue weighted by Gasteiger charge is 2.20. The average molecular weight is 293 g/mol. The molecular weight excluding hydrogens is 278 g/mol. The Labute approximate surface area is 118 Å². The van der Waals surface area contributed by atoms with E-state index in [9.17, 15) is 4.79 Å².